The van der Waals surface area contributed by atoms with Gasteiger partial charge in [0.2, 0.25) is 0 Å². The Balaban J connectivity index is 1.58. The van der Waals surface area contributed by atoms with Gasteiger partial charge in [-0.15, -0.1) is 0 Å². The predicted molar refractivity (Wildman–Crippen MR) is 120 cm³/mol. The molecule has 1 aliphatic rings. The van der Waals surface area contributed by atoms with E-state index in [9.17, 15) is 13.6 Å². The minimum atomic E-state index is -0.951. The van der Waals surface area contributed by atoms with Crippen molar-refractivity contribution < 1.29 is 23.0 Å². The number of carbonyl (C=O) groups excluding carboxylic acids is 1. The molecule has 0 spiro atoms. The van der Waals surface area contributed by atoms with Crippen molar-refractivity contribution in [2.24, 2.45) is 0 Å². The monoisotopic (exact) mass is 455 g/mol. The molecule has 0 fully saturated rings. The Morgan fingerprint density at radius 1 is 1.06 bits per heavy atom. The Morgan fingerprint density at radius 2 is 1.85 bits per heavy atom. The number of halogens is 2. The summed E-state index contributed by atoms with van der Waals surface area (Å²) in [5.74, 6) is -0.963. The standard InChI is InChI=1S/C25H27F2N3O3/c1-14(2)33-22-11-8-16(12-23(22)32-4)15(3)28-25(31)24-18-6-5-7-21(18)30(29-24)17-9-10-19(26)20(27)13-17/h8-15H,5-7H2,1-4H3,(H,28,31). The van der Waals surface area contributed by atoms with E-state index in [0.717, 1.165) is 41.8 Å². The van der Waals surface area contributed by atoms with Gasteiger partial charge in [0.15, 0.2) is 28.8 Å². The van der Waals surface area contributed by atoms with Crippen LogP contribution in [0.4, 0.5) is 8.78 Å². The van der Waals surface area contributed by atoms with Crippen LogP contribution in [0.15, 0.2) is 36.4 Å². The van der Waals surface area contributed by atoms with Crippen LogP contribution < -0.4 is 14.8 Å². The molecule has 1 atom stereocenters. The van der Waals surface area contributed by atoms with E-state index < -0.39 is 11.6 Å². The van der Waals surface area contributed by atoms with Crippen molar-refractivity contribution in [2.45, 2.75) is 52.2 Å². The summed E-state index contributed by atoms with van der Waals surface area (Å²) in [5.41, 5.74) is 3.27. The maximum Gasteiger partial charge on any atom is 0.272 e. The van der Waals surface area contributed by atoms with E-state index in [0.29, 0.717) is 29.3 Å². The van der Waals surface area contributed by atoms with Gasteiger partial charge in [-0.3, -0.25) is 4.79 Å². The lowest BCUT2D eigenvalue weighted by atomic mass is 10.1. The van der Waals surface area contributed by atoms with E-state index in [1.807, 2.05) is 39.0 Å². The second-order valence-corrected chi connectivity index (χ2v) is 8.41. The van der Waals surface area contributed by atoms with E-state index in [-0.39, 0.29) is 18.1 Å². The highest BCUT2D eigenvalue weighted by Gasteiger charge is 2.28. The summed E-state index contributed by atoms with van der Waals surface area (Å²) in [6.07, 6.45) is 2.32. The van der Waals surface area contributed by atoms with Crippen molar-refractivity contribution in [3.63, 3.8) is 0 Å². The molecule has 0 bridgehead atoms. The van der Waals surface area contributed by atoms with Gasteiger partial charge in [-0.1, -0.05) is 6.07 Å². The highest BCUT2D eigenvalue weighted by atomic mass is 19.2. The van der Waals surface area contributed by atoms with Crippen molar-refractivity contribution in [1.29, 1.82) is 0 Å². The Hall–Kier alpha value is -3.42. The van der Waals surface area contributed by atoms with Gasteiger partial charge in [-0.2, -0.15) is 5.10 Å². The first kappa shape index (κ1) is 22.8. The van der Waals surface area contributed by atoms with Crippen molar-refractivity contribution >= 4 is 5.91 Å². The van der Waals surface area contributed by atoms with Crippen molar-refractivity contribution in [2.75, 3.05) is 7.11 Å². The second-order valence-electron chi connectivity index (χ2n) is 8.41. The summed E-state index contributed by atoms with van der Waals surface area (Å²) in [5, 5.41) is 7.46. The van der Waals surface area contributed by atoms with Crippen LogP contribution in [0, 0.1) is 11.6 Å². The Kier molecular flexibility index (Phi) is 6.35. The summed E-state index contributed by atoms with van der Waals surface area (Å²) in [6, 6.07) is 8.86. The van der Waals surface area contributed by atoms with Crippen LogP contribution >= 0.6 is 0 Å². The number of ether oxygens (including phenoxy) is 2. The molecule has 0 saturated heterocycles. The molecule has 1 aromatic heterocycles. The largest absolute Gasteiger partial charge is 0.493 e. The first-order valence-corrected chi connectivity index (χ1v) is 11.0. The molecule has 1 unspecified atom stereocenters. The molecule has 4 rings (SSSR count). The van der Waals surface area contributed by atoms with Gasteiger partial charge in [0, 0.05) is 17.3 Å². The van der Waals surface area contributed by atoms with E-state index in [1.54, 1.807) is 11.8 Å². The number of carbonyl (C=O) groups is 1. The third kappa shape index (κ3) is 4.55. The zero-order valence-electron chi connectivity index (χ0n) is 19.1. The molecule has 6 nitrogen and oxygen atoms in total. The quantitative estimate of drug-likeness (QED) is 0.549. The van der Waals surface area contributed by atoms with Crippen molar-refractivity contribution in [3.8, 4) is 17.2 Å². The van der Waals surface area contributed by atoms with Crippen LogP contribution in [0.25, 0.3) is 5.69 Å². The van der Waals surface area contributed by atoms with Crippen molar-refractivity contribution in [1.82, 2.24) is 15.1 Å². The number of benzene rings is 2. The predicted octanol–water partition coefficient (Wildman–Crippen LogP) is 4.93. The average Bonchev–Trinajstić information content (AvgIpc) is 3.38. The first-order valence-electron chi connectivity index (χ1n) is 11.0. The topological polar surface area (TPSA) is 65.4 Å². The van der Waals surface area contributed by atoms with E-state index in [4.69, 9.17) is 9.47 Å². The van der Waals surface area contributed by atoms with Crippen LogP contribution in [0.2, 0.25) is 0 Å². The van der Waals surface area contributed by atoms with Crippen LogP contribution in [0.3, 0.4) is 0 Å². The molecule has 8 heteroatoms. The maximum absolute atomic E-state index is 13.8. The Bertz CT molecular complexity index is 1190. The summed E-state index contributed by atoms with van der Waals surface area (Å²) in [6.45, 7) is 5.75. The fourth-order valence-electron chi connectivity index (χ4n) is 4.10. The SMILES string of the molecule is COc1cc(C(C)NC(=O)c2nn(-c3ccc(F)c(F)c3)c3c2CCC3)ccc1OC(C)C. The molecule has 1 amide bonds. The van der Waals surface area contributed by atoms with E-state index in [1.165, 1.54) is 6.07 Å². The number of amides is 1. The van der Waals surface area contributed by atoms with Gasteiger partial charge in [0.25, 0.3) is 5.91 Å². The zero-order chi connectivity index (χ0) is 23.7. The number of nitrogens with zero attached hydrogens (tertiary/aromatic N) is 2. The van der Waals surface area contributed by atoms with Crippen LogP contribution in [-0.2, 0) is 12.8 Å². The van der Waals surface area contributed by atoms with Crippen molar-refractivity contribution in [3.05, 3.63) is 70.5 Å². The molecule has 33 heavy (non-hydrogen) atoms. The number of hydrogen-bond donors (Lipinski definition) is 1. The highest BCUT2D eigenvalue weighted by Crippen LogP contribution is 2.32. The van der Waals surface area contributed by atoms with Gasteiger partial charge in [-0.05, 0) is 69.9 Å². The first-order chi connectivity index (χ1) is 15.8. The molecule has 0 aliphatic heterocycles. The maximum atomic E-state index is 13.8. The third-order valence-electron chi connectivity index (χ3n) is 5.69. The van der Waals surface area contributed by atoms with Crippen LogP contribution in [0.5, 0.6) is 11.5 Å². The van der Waals surface area contributed by atoms with E-state index in [2.05, 4.69) is 10.4 Å². The number of nitrogens with one attached hydrogen (secondary N) is 1. The fraction of sp³-hybridized carbons (Fsp3) is 0.360. The zero-order valence-corrected chi connectivity index (χ0v) is 19.1. The minimum absolute atomic E-state index is 0.00802. The van der Waals surface area contributed by atoms with Crippen LogP contribution in [0.1, 0.15) is 60.5 Å². The Morgan fingerprint density at radius 3 is 2.55 bits per heavy atom. The number of aromatic nitrogens is 2. The molecule has 0 saturated carbocycles. The van der Waals surface area contributed by atoms with Gasteiger partial charge < -0.3 is 14.8 Å². The number of hydrogen-bond acceptors (Lipinski definition) is 4. The molecular weight excluding hydrogens is 428 g/mol. The lowest BCUT2D eigenvalue weighted by molar-refractivity contribution is 0.0933. The molecule has 174 valence electrons. The Labute approximate surface area is 191 Å². The fourth-order valence-corrected chi connectivity index (χ4v) is 4.10. The summed E-state index contributed by atoms with van der Waals surface area (Å²) < 4.78 is 39.9. The molecule has 2 aromatic carbocycles. The minimum Gasteiger partial charge on any atom is -0.493 e. The van der Waals surface area contributed by atoms with Crippen LogP contribution in [-0.4, -0.2) is 28.9 Å². The molecule has 3 aromatic rings. The number of fused-ring (bicyclic) bond motifs is 1. The number of methoxy groups -OCH3 is 1. The molecule has 0 radical (unpaired) electrons. The average molecular weight is 456 g/mol. The molecular formula is C25H27F2N3O3. The third-order valence-corrected chi connectivity index (χ3v) is 5.69. The van der Waals surface area contributed by atoms with E-state index >= 15 is 0 Å². The summed E-state index contributed by atoms with van der Waals surface area (Å²) in [7, 11) is 1.57. The summed E-state index contributed by atoms with van der Waals surface area (Å²) in [4.78, 5) is 13.1. The van der Waals surface area contributed by atoms with Gasteiger partial charge >= 0.3 is 0 Å². The van der Waals surface area contributed by atoms with Gasteiger partial charge in [0.1, 0.15) is 0 Å². The van der Waals surface area contributed by atoms with Gasteiger partial charge in [0.05, 0.1) is 24.9 Å². The van der Waals surface area contributed by atoms with Gasteiger partial charge in [-0.25, -0.2) is 13.5 Å². The normalized spacial score (nSPS) is 13.7. The highest BCUT2D eigenvalue weighted by molar-refractivity contribution is 5.94. The lowest BCUT2D eigenvalue weighted by Gasteiger charge is -2.18. The number of rotatable bonds is 7. The smallest absolute Gasteiger partial charge is 0.272 e. The molecule has 1 aliphatic carbocycles. The molecule has 1 heterocycles. The lowest BCUT2D eigenvalue weighted by Crippen LogP contribution is -2.28. The second kappa shape index (κ2) is 9.21. The molecule has 1 N–H and O–H groups in total. The summed E-state index contributed by atoms with van der Waals surface area (Å²) >= 11 is 0.